The molecule has 2 aromatic carbocycles. The molecule has 1 saturated carbocycles. The Morgan fingerprint density at radius 3 is 2.44 bits per heavy atom. The highest BCUT2D eigenvalue weighted by Crippen LogP contribution is 2.35. The Morgan fingerprint density at radius 2 is 1.68 bits per heavy atom. The SMILES string of the molecule is Clc1ccc(C(c2nnnn2C2CCCCC2)N2CCN(c3nc4ccccc4s3)CC2)cc1. The second-order valence-corrected chi connectivity index (χ2v) is 10.7. The van der Waals surface area contributed by atoms with Crippen LogP contribution in [0.5, 0.6) is 0 Å². The fraction of sp³-hybridized carbons (Fsp3) is 0.440. The largest absolute Gasteiger partial charge is 0.345 e. The van der Waals surface area contributed by atoms with E-state index >= 15 is 0 Å². The van der Waals surface area contributed by atoms with Crippen molar-refractivity contribution in [3.05, 3.63) is 64.9 Å². The maximum Gasteiger partial charge on any atom is 0.186 e. The fourth-order valence-electron chi connectivity index (χ4n) is 5.30. The third-order valence-corrected chi connectivity index (χ3v) is 8.45. The summed E-state index contributed by atoms with van der Waals surface area (Å²) in [6.07, 6.45) is 6.10. The first-order chi connectivity index (χ1) is 16.8. The van der Waals surface area contributed by atoms with E-state index in [1.54, 1.807) is 11.3 Å². The predicted molar refractivity (Wildman–Crippen MR) is 137 cm³/mol. The molecule has 1 unspecified atom stereocenters. The van der Waals surface area contributed by atoms with E-state index in [9.17, 15) is 0 Å². The van der Waals surface area contributed by atoms with Crippen molar-refractivity contribution < 1.29 is 0 Å². The van der Waals surface area contributed by atoms with Gasteiger partial charge in [-0.2, -0.15) is 0 Å². The highest BCUT2D eigenvalue weighted by atomic mass is 35.5. The van der Waals surface area contributed by atoms with E-state index in [1.165, 1.54) is 29.5 Å². The summed E-state index contributed by atoms with van der Waals surface area (Å²) in [5.74, 6) is 0.947. The predicted octanol–water partition coefficient (Wildman–Crippen LogP) is 5.35. The average molecular weight is 494 g/mol. The van der Waals surface area contributed by atoms with Crippen LogP contribution in [0.3, 0.4) is 0 Å². The molecular formula is C25H28ClN7S. The van der Waals surface area contributed by atoms with E-state index in [1.807, 2.05) is 12.1 Å². The topological polar surface area (TPSA) is 63.0 Å². The molecule has 1 aliphatic carbocycles. The first-order valence-corrected chi connectivity index (χ1v) is 13.3. The normalized spacial score (nSPS) is 19.0. The Hall–Kier alpha value is -2.55. The molecule has 6 rings (SSSR count). The minimum absolute atomic E-state index is 0.00621. The maximum absolute atomic E-state index is 6.23. The molecule has 7 nitrogen and oxygen atoms in total. The molecule has 4 aromatic rings. The van der Waals surface area contributed by atoms with Crippen LogP contribution in [0.25, 0.3) is 10.2 Å². The number of aromatic nitrogens is 5. The first-order valence-electron chi connectivity index (χ1n) is 12.1. The number of rotatable bonds is 5. The van der Waals surface area contributed by atoms with E-state index in [0.717, 1.165) is 60.5 Å². The number of nitrogens with zero attached hydrogens (tertiary/aromatic N) is 7. The molecule has 1 saturated heterocycles. The van der Waals surface area contributed by atoms with Crippen LogP contribution in [0.1, 0.15) is 55.6 Å². The molecule has 1 aliphatic heterocycles. The van der Waals surface area contributed by atoms with Crippen LogP contribution in [-0.4, -0.2) is 56.3 Å². The van der Waals surface area contributed by atoms with E-state index in [2.05, 4.69) is 66.4 Å². The van der Waals surface area contributed by atoms with Crippen molar-refractivity contribution in [3.8, 4) is 0 Å². The molecule has 0 N–H and O–H groups in total. The molecule has 0 spiro atoms. The number of halogens is 1. The zero-order chi connectivity index (χ0) is 22.9. The summed E-state index contributed by atoms with van der Waals surface area (Å²) in [4.78, 5) is 9.79. The molecule has 2 aliphatic rings. The number of fused-ring (bicyclic) bond motifs is 1. The third kappa shape index (κ3) is 4.30. The van der Waals surface area contributed by atoms with Crippen LogP contribution in [0.15, 0.2) is 48.5 Å². The van der Waals surface area contributed by atoms with Crippen LogP contribution in [-0.2, 0) is 0 Å². The smallest absolute Gasteiger partial charge is 0.186 e. The lowest BCUT2D eigenvalue weighted by Crippen LogP contribution is -2.48. The van der Waals surface area contributed by atoms with Crippen molar-refractivity contribution in [2.45, 2.75) is 44.2 Å². The molecule has 3 heterocycles. The van der Waals surface area contributed by atoms with Crippen LogP contribution in [0, 0.1) is 0 Å². The van der Waals surface area contributed by atoms with Crippen molar-refractivity contribution in [1.82, 2.24) is 30.1 Å². The number of tetrazole rings is 1. The minimum Gasteiger partial charge on any atom is -0.345 e. The van der Waals surface area contributed by atoms with Gasteiger partial charge in [-0.1, -0.05) is 66.5 Å². The molecule has 9 heteroatoms. The summed E-state index contributed by atoms with van der Waals surface area (Å²) in [6, 6.07) is 16.9. The Bertz CT molecular complexity index is 1210. The summed E-state index contributed by atoms with van der Waals surface area (Å²) in [6.45, 7) is 3.69. The van der Waals surface area contributed by atoms with Gasteiger partial charge in [-0.05, 0) is 53.1 Å². The summed E-state index contributed by atoms with van der Waals surface area (Å²) >= 11 is 8.00. The summed E-state index contributed by atoms with van der Waals surface area (Å²) in [7, 11) is 0. The Kier molecular flexibility index (Phi) is 6.20. The molecule has 0 radical (unpaired) electrons. The highest BCUT2D eigenvalue weighted by molar-refractivity contribution is 7.22. The van der Waals surface area contributed by atoms with Gasteiger partial charge in [0.2, 0.25) is 0 Å². The standard InChI is InChI=1S/C25H28ClN7S/c26-19-12-10-18(11-13-19)23(24-28-29-30-33(24)20-6-2-1-3-7-20)31-14-16-32(17-15-31)25-27-21-8-4-5-9-22(21)34-25/h4-5,8-13,20,23H,1-3,6-7,14-17H2. The first kappa shape index (κ1) is 21.9. The summed E-state index contributed by atoms with van der Waals surface area (Å²) < 4.78 is 3.35. The lowest BCUT2D eigenvalue weighted by molar-refractivity contribution is 0.193. The van der Waals surface area contributed by atoms with E-state index in [-0.39, 0.29) is 6.04 Å². The molecule has 0 bridgehead atoms. The van der Waals surface area contributed by atoms with Crippen molar-refractivity contribution in [2.75, 3.05) is 31.1 Å². The average Bonchev–Trinajstić information content (AvgIpc) is 3.54. The van der Waals surface area contributed by atoms with E-state index in [4.69, 9.17) is 16.6 Å². The van der Waals surface area contributed by atoms with Crippen molar-refractivity contribution in [2.24, 2.45) is 0 Å². The van der Waals surface area contributed by atoms with Gasteiger partial charge >= 0.3 is 0 Å². The lowest BCUT2D eigenvalue weighted by atomic mass is 9.95. The van der Waals surface area contributed by atoms with E-state index < -0.39 is 0 Å². The van der Waals surface area contributed by atoms with Gasteiger partial charge in [-0.3, -0.25) is 4.90 Å². The molecule has 176 valence electrons. The Morgan fingerprint density at radius 1 is 0.912 bits per heavy atom. The Labute approximate surface area is 208 Å². The second-order valence-electron chi connectivity index (χ2n) is 9.21. The van der Waals surface area contributed by atoms with Gasteiger partial charge < -0.3 is 4.90 Å². The number of piperazine rings is 1. The van der Waals surface area contributed by atoms with Gasteiger partial charge in [0.25, 0.3) is 0 Å². The zero-order valence-electron chi connectivity index (χ0n) is 19.1. The number of thiazole rings is 1. The summed E-state index contributed by atoms with van der Waals surface area (Å²) in [5.41, 5.74) is 2.26. The number of hydrogen-bond donors (Lipinski definition) is 0. The van der Waals surface area contributed by atoms with Crippen LogP contribution >= 0.6 is 22.9 Å². The molecule has 2 fully saturated rings. The van der Waals surface area contributed by atoms with Gasteiger partial charge in [-0.15, -0.1) is 5.10 Å². The third-order valence-electron chi connectivity index (χ3n) is 7.10. The molecule has 0 amide bonds. The molecule has 2 aromatic heterocycles. The minimum atomic E-state index is 0.00621. The number of hydrogen-bond acceptors (Lipinski definition) is 7. The van der Waals surface area contributed by atoms with Crippen LogP contribution < -0.4 is 4.90 Å². The second kappa shape index (κ2) is 9.60. The van der Waals surface area contributed by atoms with Gasteiger partial charge in [-0.25, -0.2) is 9.67 Å². The maximum atomic E-state index is 6.23. The van der Waals surface area contributed by atoms with E-state index in [0.29, 0.717) is 6.04 Å². The van der Waals surface area contributed by atoms with Gasteiger partial charge in [0, 0.05) is 31.2 Å². The van der Waals surface area contributed by atoms with Crippen LogP contribution in [0.4, 0.5) is 5.13 Å². The number of benzene rings is 2. The van der Waals surface area contributed by atoms with Crippen molar-refractivity contribution >= 4 is 38.3 Å². The fourth-order valence-corrected chi connectivity index (χ4v) is 6.44. The molecule has 34 heavy (non-hydrogen) atoms. The van der Waals surface area contributed by atoms with Crippen molar-refractivity contribution in [3.63, 3.8) is 0 Å². The Balaban J connectivity index is 1.27. The van der Waals surface area contributed by atoms with Crippen molar-refractivity contribution in [1.29, 1.82) is 0 Å². The van der Waals surface area contributed by atoms with Gasteiger partial charge in [0.05, 0.1) is 22.3 Å². The number of para-hydroxylation sites is 1. The summed E-state index contributed by atoms with van der Waals surface area (Å²) in [5, 5.41) is 15.0. The van der Waals surface area contributed by atoms with Gasteiger partial charge in [0.15, 0.2) is 11.0 Å². The lowest BCUT2D eigenvalue weighted by Gasteiger charge is -2.39. The molecular weight excluding hydrogens is 466 g/mol. The molecule has 1 atom stereocenters. The quantitative estimate of drug-likeness (QED) is 0.373. The van der Waals surface area contributed by atoms with Gasteiger partial charge in [0.1, 0.15) is 0 Å². The van der Waals surface area contributed by atoms with Crippen LogP contribution in [0.2, 0.25) is 5.02 Å². The number of anilines is 1. The monoisotopic (exact) mass is 493 g/mol. The zero-order valence-corrected chi connectivity index (χ0v) is 20.6. The highest BCUT2D eigenvalue weighted by Gasteiger charge is 2.33.